The minimum absolute atomic E-state index is 0.205. The number of thioether (sulfide) groups is 1. The molecule has 0 bridgehead atoms. The third kappa shape index (κ3) is 4.53. The third-order valence-electron chi connectivity index (χ3n) is 1.98. The molecular weight excluding hydrogens is 279 g/mol. The minimum Gasteiger partial charge on any atom is -0.396 e. The number of aliphatic hydroxyl groups excluding tert-OH is 1. The summed E-state index contributed by atoms with van der Waals surface area (Å²) in [5.74, 6) is 1.74. The van der Waals surface area contributed by atoms with Gasteiger partial charge in [-0.3, -0.25) is 0 Å². The molecule has 1 atom stereocenters. The van der Waals surface area contributed by atoms with Crippen molar-refractivity contribution in [2.45, 2.75) is 12.7 Å². The average Bonchev–Trinajstić information content (AvgIpc) is 2.23. The maximum atomic E-state index is 12.9. The molecular formula is C11H14BrFOS. The molecule has 15 heavy (non-hydrogen) atoms. The summed E-state index contributed by atoms with van der Waals surface area (Å²) in [6, 6.07) is 4.70. The van der Waals surface area contributed by atoms with E-state index >= 15 is 0 Å². The molecule has 0 heterocycles. The Bertz CT molecular complexity index is 319. The van der Waals surface area contributed by atoms with Gasteiger partial charge in [0.1, 0.15) is 5.82 Å². The van der Waals surface area contributed by atoms with E-state index in [9.17, 15) is 4.39 Å². The molecule has 4 heteroatoms. The van der Waals surface area contributed by atoms with Crippen LogP contribution in [0, 0.1) is 11.7 Å². The highest BCUT2D eigenvalue weighted by molar-refractivity contribution is 9.10. The number of benzene rings is 1. The quantitative estimate of drug-likeness (QED) is 0.897. The average molecular weight is 293 g/mol. The fourth-order valence-electron chi connectivity index (χ4n) is 1.08. The lowest BCUT2D eigenvalue weighted by atomic mass is 10.2. The van der Waals surface area contributed by atoms with Gasteiger partial charge in [0.05, 0.1) is 0 Å². The van der Waals surface area contributed by atoms with Crippen molar-refractivity contribution in [2.75, 3.05) is 12.4 Å². The normalized spacial score (nSPS) is 12.8. The SMILES string of the molecule is CC(CO)CSCc1cc(F)ccc1Br. The molecule has 0 aromatic heterocycles. The van der Waals surface area contributed by atoms with Crippen molar-refractivity contribution in [3.63, 3.8) is 0 Å². The summed E-state index contributed by atoms with van der Waals surface area (Å²) < 4.78 is 13.9. The van der Waals surface area contributed by atoms with Crippen molar-refractivity contribution in [1.82, 2.24) is 0 Å². The first-order valence-electron chi connectivity index (χ1n) is 4.76. The summed E-state index contributed by atoms with van der Waals surface area (Å²) >= 11 is 5.09. The van der Waals surface area contributed by atoms with Gasteiger partial charge in [0, 0.05) is 16.8 Å². The second-order valence-corrected chi connectivity index (χ2v) is 5.42. The molecule has 0 saturated carbocycles. The van der Waals surface area contributed by atoms with Crippen molar-refractivity contribution in [3.05, 3.63) is 34.1 Å². The number of aliphatic hydroxyl groups is 1. The van der Waals surface area contributed by atoms with Crippen molar-refractivity contribution in [2.24, 2.45) is 5.92 Å². The predicted molar refractivity (Wildman–Crippen MR) is 66.5 cm³/mol. The Morgan fingerprint density at radius 1 is 1.53 bits per heavy atom. The van der Waals surface area contributed by atoms with E-state index < -0.39 is 0 Å². The molecule has 0 radical (unpaired) electrons. The summed E-state index contributed by atoms with van der Waals surface area (Å²) in [6.07, 6.45) is 0. The zero-order chi connectivity index (χ0) is 11.3. The summed E-state index contributed by atoms with van der Waals surface area (Å²) in [5, 5.41) is 8.85. The first-order chi connectivity index (χ1) is 7.13. The summed E-state index contributed by atoms with van der Waals surface area (Å²) in [4.78, 5) is 0. The number of halogens is 2. The first kappa shape index (κ1) is 13.0. The highest BCUT2D eigenvalue weighted by atomic mass is 79.9. The van der Waals surface area contributed by atoms with Gasteiger partial charge in [0.15, 0.2) is 0 Å². The molecule has 0 saturated heterocycles. The second kappa shape index (κ2) is 6.51. The fraction of sp³-hybridized carbons (Fsp3) is 0.455. The molecule has 0 aliphatic heterocycles. The molecule has 0 amide bonds. The van der Waals surface area contributed by atoms with Gasteiger partial charge in [-0.15, -0.1) is 0 Å². The topological polar surface area (TPSA) is 20.2 Å². The Hall–Kier alpha value is -0.0600. The summed E-state index contributed by atoms with van der Waals surface area (Å²) in [5.41, 5.74) is 0.963. The Morgan fingerprint density at radius 3 is 2.93 bits per heavy atom. The van der Waals surface area contributed by atoms with Crippen LogP contribution in [0.4, 0.5) is 4.39 Å². The summed E-state index contributed by atoms with van der Waals surface area (Å²) in [7, 11) is 0. The maximum Gasteiger partial charge on any atom is 0.123 e. The molecule has 0 fully saturated rings. The van der Waals surface area contributed by atoms with E-state index in [1.807, 2.05) is 6.92 Å². The highest BCUT2D eigenvalue weighted by Crippen LogP contribution is 2.23. The van der Waals surface area contributed by atoms with Crippen LogP contribution < -0.4 is 0 Å². The standard InChI is InChI=1S/C11H14BrFOS/c1-8(5-14)6-15-7-9-4-10(13)2-3-11(9)12/h2-4,8,14H,5-7H2,1H3. The van der Waals surface area contributed by atoms with Crippen LogP contribution in [0.25, 0.3) is 0 Å². The van der Waals surface area contributed by atoms with Crippen molar-refractivity contribution < 1.29 is 9.50 Å². The Morgan fingerprint density at radius 2 is 2.27 bits per heavy atom. The van der Waals surface area contributed by atoms with E-state index in [2.05, 4.69) is 15.9 Å². The number of hydrogen-bond acceptors (Lipinski definition) is 2. The van der Waals surface area contributed by atoms with Crippen LogP contribution in [-0.4, -0.2) is 17.5 Å². The first-order valence-corrected chi connectivity index (χ1v) is 6.70. The molecule has 1 nitrogen and oxygen atoms in total. The van der Waals surface area contributed by atoms with Crippen molar-refractivity contribution in [1.29, 1.82) is 0 Å². The predicted octanol–water partition coefficient (Wildman–Crippen LogP) is 3.45. The van der Waals surface area contributed by atoms with Gasteiger partial charge in [0.2, 0.25) is 0 Å². The van der Waals surface area contributed by atoms with Gasteiger partial charge in [-0.2, -0.15) is 11.8 Å². The number of hydrogen-bond donors (Lipinski definition) is 1. The van der Waals surface area contributed by atoms with Crippen LogP contribution in [0.1, 0.15) is 12.5 Å². The third-order valence-corrected chi connectivity index (χ3v) is 4.07. The van der Waals surface area contributed by atoms with E-state index in [0.717, 1.165) is 21.5 Å². The van der Waals surface area contributed by atoms with Crippen LogP contribution in [0.5, 0.6) is 0 Å². The van der Waals surface area contributed by atoms with Gasteiger partial charge >= 0.3 is 0 Å². The molecule has 0 aliphatic carbocycles. The van der Waals surface area contributed by atoms with Crippen LogP contribution in [0.15, 0.2) is 22.7 Å². The van der Waals surface area contributed by atoms with E-state index in [4.69, 9.17) is 5.11 Å². The monoisotopic (exact) mass is 292 g/mol. The van der Waals surface area contributed by atoms with E-state index in [-0.39, 0.29) is 12.4 Å². The Labute approximate surface area is 102 Å². The molecule has 1 aromatic rings. The molecule has 84 valence electrons. The van der Waals surface area contributed by atoms with Gasteiger partial charge in [-0.25, -0.2) is 4.39 Å². The second-order valence-electron chi connectivity index (χ2n) is 3.54. The van der Waals surface area contributed by atoms with Gasteiger partial charge in [-0.05, 0) is 35.4 Å². The lowest BCUT2D eigenvalue weighted by molar-refractivity contribution is 0.250. The van der Waals surface area contributed by atoms with Gasteiger partial charge in [-0.1, -0.05) is 22.9 Å². The van der Waals surface area contributed by atoms with Crippen molar-refractivity contribution in [3.8, 4) is 0 Å². The minimum atomic E-state index is -0.205. The zero-order valence-corrected chi connectivity index (χ0v) is 10.9. The van der Waals surface area contributed by atoms with Crippen LogP contribution in [0.3, 0.4) is 0 Å². The molecule has 1 N–H and O–H groups in total. The molecule has 0 aliphatic rings. The fourth-order valence-corrected chi connectivity index (χ4v) is 2.73. The van der Waals surface area contributed by atoms with E-state index in [1.54, 1.807) is 23.9 Å². The zero-order valence-electron chi connectivity index (χ0n) is 8.54. The molecule has 1 aromatic carbocycles. The molecule has 0 spiro atoms. The number of rotatable bonds is 5. The largest absolute Gasteiger partial charge is 0.396 e. The van der Waals surface area contributed by atoms with E-state index in [0.29, 0.717) is 5.92 Å². The molecule has 1 unspecified atom stereocenters. The Kier molecular flexibility index (Phi) is 5.64. The van der Waals surface area contributed by atoms with Crippen LogP contribution >= 0.6 is 27.7 Å². The lowest BCUT2D eigenvalue weighted by Gasteiger charge is -2.08. The molecule has 1 rings (SSSR count). The Balaban J connectivity index is 2.46. The summed E-state index contributed by atoms with van der Waals surface area (Å²) in [6.45, 7) is 2.20. The maximum absolute atomic E-state index is 12.9. The van der Waals surface area contributed by atoms with E-state index in [1.165, 1.54) is 6.07 Å². The lowest BCUT2D eigenvalue weighted by Crippen LogP contribution is -2.03. The van der Waals surface area contributed by atoms with Gasteiger partial charge in [0.25, 0.3) is 0 Å². The van der Waals surface area contributed by atoms with Gasteiger partial charge < -0.3 is 5.11 Å². The van der Waals surface area contributed by atoms with Crippen LogP contribution in [0.2, 0.25) is 0 Å². The van der Waals surface area contributed by atoms with Crippen molar-refractivity contribution >= 4 is 27.7 Å². The van der Waals surface area contributed by atoms with Crippen LogP contribution in [-0.2, 0) is 5.75 Å². The smallest absolute Gasteiger partial charge is 0.123 e. The highest BCUT2D eigenvalue weighted by Gasteiger charge is 2.04.